The van der Waals surface area contributed by atoms with Crippen LogP contribution in [0.5, 0.6) is 5.75 Å². The van der Waals surface area contributed by atoms with Gasteiger partial charge in [0.15, 0.2) is 6.10 Å². The maximum absolute atomic E-state index is 12.9. The molecule has 1 atom stereocenters. The van der Waals surface area contributed by atoms with E-state index in [0.717, 1.165) is 12.1 Å². The molecule has 1 heterocycles. The summed E-state index contributed by atoms with van der Waals surface area (Å²) in [5, 5.41) is 0. The van der Waals surface area contributed by atoms with E-state index in [1.807, 2.05) is 0 Å². The average molecular weight is 337 g/mol. The zero-order valence-electron chi connectivity index (χ0n) is 11.6. The third kappa shape index (κ3) is 3.34. The summed E-state index contributed by atoms with van der Waals surface area (Å²) in [6, 6.07) is 4.46. The van der Waals surface area contributed by atoms with Crippen LogP contribution >= 0.6 is 0 Å². The van der Waals surface area contributed by atoms with Gasteiger partial charge in [0.25, 0.3) is 5.91 Å². The van der Waals surface area contributed by atoms with E-state index in [1.165, 1.54) is 19.1 Å². The Kier molecular flexibility index (Phi) is 4.37. The van der Waals surface area contributed by atoms with E-state index in [2.05, 4.69) is 0 Å². The molecule has 0 bridgehead atoms. The first-order valence-electron chi connectivity index (χ1n) is 6.50. The Labute approximate surface area is 125 Å². The van der Waals surface area contributed by atoms with Crippen LogP contribution < -0.4 is 4.74 Å². The van der Waals surface area contributed by atoms with Crippen LogP contribution in [0.25, 0.3) is 0 Å². The Balaban J connectivity index is 2.20. The summed E-state index contributed by atoms with van der Waals surface area (Å²) in [5.41, 5.74) is -1.01. The highest BCUT2D eigenvalue weighted by Crippen LogP contribution is 2.36. The summed E-state index contributed by atoms with van der Waals surface area (Å²) in [6.45, 7) is 1.25. The van der Waals surface area contributed by atoms with E-state index >= 15 is 0 Å². The molecule has 1 aliphatic rings. The highest BCUT2D eigenvalue weighted by Gasteiger charge is 2.38. The molecule has 0 unspecified atom stereocenters. The minimum absolute atomic E-state index is 0.0236. The fourth-order valence-corrected chi connectivity index (χ4v) is 3.68. The van der Waals surface area contributed by atoms with Crippen molar-refractivity contribution in [3.8, 4) is 5.75 Å². The van der Waals surface area contributed by atoms with Gasteiger partial charge in [0.1, 0.15) is 5.75 Å². The third-order valence-corrected chi connectivity index (χ3v) is 5.03. The highest BCUT2D eigenvalue weighted by molar-refractivity contribution is 7.89. The molecule has 0 aromatic heterocycles. The molecule has 0 N–H and O–H groups in total. The third-order valence-electron chi connectivity index (χ3n) is 3.19. The van der Waals surface area contributed by atoms with Crippen LogP contribution in [0.4, 0.5) is 13.2 Å². The molecule has 1 saturated heterocycles. The van der Waals surface area contributed by atoms with E-state index in [1.54, 1.807) is 0 Å². The van der Waals surface area contributed by atoms with Crippen LogP contribution in [-0.4, -0.2) is 37.0 Å². The summed E-state index contributed by atoms with van der Waals surface area (Å²) >= 11 is 0. The number of amides is 1. The largest absolute Gasteiger partial charge is 0.480 e. The molecule has 0 spiro atoms. The molecule has 2 rings (SSSR count). The molecule has 0 aliphatic carbocycles. The molecule has 1 aliphatic heterocycles. The van der Waals surface area contributed by atoms with E-state index in [0.29, 0.717) is 10.7 Å². The van der Waals surface area contributed by atoms with Gasteiger partial charge in [0.05, 0.1) is 11.3 Å². The number of rotatable bonds is 3. The normalized spacial score (nSPS) is 19.0. The first-order chi connectivity index (χ1) is 10.1. The zero-order valence-corrected chi connectivity index (χ0v) is 12.4. The van der Waals surface area contributed by atoms with Crippen LogP contribution in [0.2, 0.25) is 0 Å². The van der Waals surface area contributed by atoms with E-state index in [-0.39, 0.29) is 12.3 Å². The van der Waals surface area contributed by atoms with Crippen molar-refractivity contribution >= 4 is 15.9 Å². The lowest BCUT2D eigenvalue weighted by Gasteiger charge is -2.22. The Morgan fingerprint density at radius 2 is 1.95 bits per heavy atom. The van der Waals surface area contributed by atoms with Gasteiger partial charge in [0, 0.05) is 6.54 Å². The van der Waals surface area contributed by atoms with Crippen molar-refractivity contribution in [1.29, 1.82) is 0 Å². The number of carbonyl (C=O) groups excluding carboxylic acids is 1. The molecule has 0 saturated carbocycles. The summed E-state index contributed by atoms with van der Waals surface area (Å²) in [5.74, 6) is -1.52. The van der Waals surface area contributed by atoms with Gasteiger partial charge < -0.3 is 4.74 Å². The van der Waals surface area contributed by atoms with E-state index in [9.17, 15) is 26.4 Å². The van der Waals surface area contributed by atoms with Crippen molar-refractivity contribution in [3.05, 3.63) is 29.8 Å². The van der Waals surface area contributed by atoms with Gasteiger partial charge in [-0.3, -0.25) is 4.79 Å². The number of carbonyl (C=O) groups is 1. The topological polar surface area (TPSA) is 63.7 Å². The van der Waals surface area contributed by atoms with E-state index < -0.39 is 39.5 Å². The number of halogens is 3. The summed E-state index contributed by atoms with van der Waals surface area (Å²) in [7, 11) is -3.68. The lowest BCUT2D eigenvalue weighted by atomic mass is 10.2. The van der Waals surface area contributed by atoms with Crippen molar-refractivity contribution in [3.63, 3.8) is 0 Å². The number of alkyl halides is 3. The van der Waals surface area contributed by atoms with Crippen molar-refractivity contribution < 1.29 is 31.1 Å². The lowest BCUT2D eigenvalue weighted by molar-refractivity contribution is -0.141. The maximum atomic E-state index is 12.9. The van der Waals surface area contributed by atoms with Crippen molar-refractivity contribution in [2.24, 2.45) is 0 Å². The second-order valence-corrected chi connectivity index (χ2v) is 6.85. The van der Waals surface area contributed by atoms with Gasteiger partial charge in [-0.1, -0.05) is 12.1 Å². The van der Waals surface area contributed by atoms with Crippen LogP contribution in [0.3, 0.4) is 0 Å². The Bertz CT molecular complexity index is 672. The van der Waals surface area contributed by atoms with Gasteiger partial charge in [-0.25, -0.2) is 12.7 Å². The van der Waals surface area contributed by atoms with Crippen LogP contribution in [0.1, 0.15) is 18.9 Å². The summed E-state index contributed by atoms with van der Waals surface area (Å²) in [6.07, 6.45) is -5.66. The van der Waals surface area contributed by atoms with Gasteiger partial charge >= 0.3 is 6.18 Å². The zero-order chi connectivity index (χ0) is 16.5. The first kappa shape index (κ1) is 16.6. The molecular weight excluding hydrogens is 323 g/mol. The molecule has 0 radical (unpaired) electrons. The number of sulfonamides is 1. The molecular formula is C13H14F3NO4S. The molecule has 1 aromatic rings. The molecule has 122 valence electrons. The fourth-order valence-electron chi connectivity index (χ4n) is 2.13. The quantitative estimate of drug-likeness (QED) is 0.847. The van der Waals surface area contributed by atoms with Crippen LogP contribution in [0, 0.1) is 0 Å². The first-order valence-corrected chi connectivity index (χ1v) is 8.11. The SMILES string of the molecule is C[C@@H](Oc1ccccc1C(F)(F)F)C(=O)N1CCCS1(=O)=O. The summed E-state index contributed by atoms with van der Waals surface area (Å²) in [4.78, 5) is 12.1. The smallest absolute Gasteiger partial charge is 0.419 e. The van der Waals surface area contributed by atoms with Crippen LogP contribution in [0.15, 0.2) is 24.3 Å². The second kappa shape index (κ2) is 5.79. The van der Waals surface area contributed by atoms with E-state index in [4.69, 9.17) is 4.74 Å². The Morgan fingerprint density at radius 3 is 2.50 bits per heavy atom. The number of benzene rings is 1. The van der Waals surface area contributed by atoms with Crippen LogP contribution in [-0.2, 0) is 21.0 Å². The van der Waals surface area contributed by atoms with Gasteiger partial charge in [-0.2, -0.15) is 13.2 Å². The number of hydrogen-bond acceptors (Lipinski definition) is 4. The van der Waals surface area contributed by atoms with Crippen molar-refractivity contribution in [2.45, 2.75) is 25.6 Å². The Hall–Kier alpha value is -1.77. The van der Waals surface area contributed by atoms with Crippen molar-refractivity contribution in [1.82, 2.24) is 4.31 Å². The lowest BCUT2D eigenvalue weighted by Crippen LogP contribution is -2.41. The standard InChI is InChI=1S/C13H14F3NO4S/c1-9(12(18)17-7-4-8-22(17,19)20)21-11-6-3-2-5-10(11)13(14,15)16/h2-3,5-6,9H,4,7-8H2,1H3/t9-/m1/s1. The minimum atomic E-state index is -4.63. The monoisotopic (exact) mass is 337 g/mol. The van der Waals surface area contributed by atoms with Gasteiger partial charge in [-0.15, -0.1) is 0 Å². The minimum Gasteiger partial charge on any atom is -0.480 e. The molecule has 5 nitrogen and oxygen atoms in total. The highest BCUT2D eigenvalue weighted by atomic mass is 32.2. The molecule has 1 fully saturated rings. The Morgan fingerprint density at radius 1 is 1.32 bits per heavy atom. The number of nitrogens with zero attached hydrogens (tertiary/aromatic N) is 1. The van der Waals surface area contributed by atoms with Crippen molar-refractivity contribution in [2.75, 3.05) is 12.3 Å². The number of para-hydroxylation sites is 1. The number of ether oxygens (including phenoxy) is 1. The van der Waals surface area contributed by atoms with Gasteiger partial charge in [0.2, 0.25) is 10.0 Å². The molecule has 9 heteroatoms. The predicted molar refractivity (Wildman–Crippen MR) is 71.7 cm³/mol. The maximum Gasteiger partial charge on any atom is 0.419 e. The molecule has 1 amide bonds. The molecule has 22 heavy (non-hydrogen) atoms. The van der Waals surface area contributed by atoms with Gasteiger partial charge in [-0.05, 0) is 25.5 Å². The summed E-state index contributed by atoms with van der Waals surface area (Å²) < 4.78 is 67.6. The average Bonchev–Trinajstić information content (AvgIpc) is 2.76. The fraction of sp³-hybridized carbons (Fsp3) is 0.462. The molecule has 1 aromatic carbocycles. The predicted octanol–water partition coefficient (Wildman–Crippen LogP) is 2.03. The number of hydrogen-bond donors (Lipinski definition) is 0. The second-order valence-electron chi connectivity index (χ2n) is 4.83.